The zero-order valence-electron chi connectivity index (χ0n) is 13.2. The van der Waals surface area contributed by atoms with E-state index < -0.39 is 5.97 Å². The molecular formula is C18H23NO3. The van der Waals surface area contributed by atoms with Crippen LogP contribution in [0.5, 0.6) is 0 Å². The predicted molar refractivity (Wildman–Crippen MR) is 86.4 cm³/mol. The van der Waals surface area contributed by atoms with Gasteiger partial charge in [-0.15, -0.1) is 0 Å². The Labute approximate surface area is 131 Å². The highest BCUT2D eigenvalue weighted by molar-refractivity contribution is 5.95. The van der Waals surface area contributed by atoms with Gasteiger partial charge in [-0.1, -0.05) is 36.8 Å². The maximum Gasteiger partial charge on any atom is 0.306 e. The molecule has 0 bridgehead atoms. The van der Waals surface area contributed by atoms with Crippen LogP contribution in [0.3, 0.4) is 0 Å². The predicted octanol–water partition coefficient (Wildman–Crippen LogP) is 3.11. The lowest BCUT2D eigenvalue weighted by molar-refractivity contribution is -0.144. The van der Waals surface area contributed by atoms with Crippen LogP contribution in [-0.4, -0.2) is 35.0 Å². The molecule has 4 heteroatoms. The number of aliphatic carboxylic acids is 1. The molecule has 1 amide bonds. The summed E-state index contributed by atoms with van der Waals surface area (Å²) in [4.78, 5) is 25.1. The minimum Gasteiger partial charge on any atom is -0.481 e. The number of carbonyl (C=O) groups is 2. The molecule has 0 spiro atoms. The molecule has 0 aliphatic carbocycles. The van der Waals surface area contributed by atoms with E-state index in [-0.39, 0.29) is 11.8 Å². The molecule has 22 heavy (non-hydrogen) atoms. The Hall–Kier alpha value is -2.10. The zero-order chi connectivity index (χ0) is 16.1. The van der Waals surface area contributed by atoms with Gasteiger partial charge in [-0.25, -0.2) is 0 Å². The third kappa shape index (κ3) is 3.97. The molecule has 1 heterocycles. The molecule has 4 nitrogen and oxygen atoms in total. The van der Waals surface area contributed by atoms with Crippen LogP contribution < -0.4 is 0 Å². The number of hydrogen-bond donors (Lipinski definition) is 1. The summed E-state index contributed by atoms with van der Waals surface area (Å²) in [6, 6.07) is 8.16. The molecule has 0 unspecified atom stereocenters. The number of hydrogen-bond acceptors (Lipinski definition) is 2. The van der Waals surface area contributed by atoms with E-state index >= 15 is 0 Å². The van der Waals surface area contributed by atoms with E-state index in [0.29, 0.717) is 25.9 Å². The standard InChI is InChI=1S/C18H23NO3/c1-3-14(15-6-4-13(2)5-7-15)12-17(20)19-10-8-16(9-11-19)18(21)22/h4-7,12,16H,3,8-11H2,1-2H3,(H,21,22)/b14-12-. The average molecular weight is 301 g/mol. The summed E-state index contributed by atoms with van der Waals surface area (Å²) >= 11 is 0. The lowest BCUT2D eigenvalue weighted by Crippen LogP contribution is -2.39. The third-order valence-corrected chi connectivity index (χ3v) is 4.26. The molecule has 1 N–H and O–H groups in total. The first-order chi connectivity index (χ1) is 10.5. The number of rotatable bonds is 4. The van der Waals surface area contributed by atoms with E-state index in [0.717, 1.165) is 17.6 Å². The van der Waals surface area contributed by atoms with Gasteiger partial charge in [0, 0.05) is 19.2 Å². The number of carboxylic acid groups (broad SMARTS) is 1. The number of aryl methyl sites for hydroxylation is 1. The highest BCUT2D eigenvalue weighted by Crippen LogP contribution is 2.21. The summed E-state index contributed by atoms with van der Waals surface area (Å²) in [5.41, 5.74) is 3.29. The molecule has 1 aliphatic heterocycles. The number of allylic oxidation sites excluding steroid dienone is 1. The lowest BCUT2D eigenvalue weighted by Gasteiger charge is -2.29. The normalized spacial score (nSPS) is 16.6. The lowest BCUT2D eigenvalue weighted by atomic mass is 9.96. The van der Waals surface area contributed by atoms with Gasteiger partial charge in [0.1, 0.15) is 0 Å². The van der Waals surface area contributed by atoms with Gasteiger partial charge < -0.3 is 10.0 Å². The highest BCUT2D eigenvalue weighted by atomic mass is 16.4. The number of nitrogens with zero attached hydrogens (tertiary/aromatic N) is 1. The molecule has 1 aromatic rings. The fourth-order valence-corrected chi connectivity index (χ4v) is 2.74. The van der Waals surface area contributed by atoms with Gasteiger partial charge in [-0.3, -0.25) is 9.59 Å². The van der Waals surface area contributed by atoms with Crippen molar-refractivity contribution in [1.82, 2.24) is 4.90 Å². The Kier molecular flexibility index (Phi) is 5.36. The molecule has 1 fully saturated rings. The molecule has 0 aromatic heterocycles. The van der Waals surface area contributed by atoms with Crippen LogP contribution in [0, 0.1) is 12.8 Å². The summed E-state index contributed by atoms with van der Waals surface area (Å²) in [5.74, 6) is -1.08. The van der Waals surface area contributed by atoms with Crippen LogP contribution in [0.15, 0.2) is 30.3 Å². The third-order valence-electron chi connectivity index (χ3n) is 4.26. The monoisotopic (exact) mass is 301 g/mol. The Morgan fingerprint density at radius 3 is 2.32 bits per heavy atom. The molecule has 1 aromatic carbocycles. The van der Waals surface area contributed by atoms with Gasteiger partial charge in [0.25, 0.3) is 0 Å². The number of carbonyl (C=O) groups excluding carboxylic acids is 1. The van der Waals surface area contributed by atoms with Crippen molar-refractivity contribution >= 4 is 17.4 Å². The second kappa shape index (κ2) is 7.25. The van der Waals surface area contributed by atoms with Crippen LogP contribution in [0.25, 0.3) is 5.57 Å². The first kappa shape index (κ1) is 16.3. The van der Waals surface area contributed by atoms with E-state index in [1.54, 1.807) is 11.0 Å². The molecule has 1 aliphatic rings. The Bertz CT molecular complexity index is 566. The van der Waals surface area contributed by atoms with E-state index in [4.69, 9.17) is 5.11 Å². The van der Waals surface area contributed by atoms with Gasteiger partial charge in [0.15, 0.2) is 0 Å². The molecule has 0 atom stereocenters. The van der Waals surface area contributed by atoms with Crippen molar-refractivity contribution in [2.75, 3.05) is 13.1 Å². The van der Waals surface area contributed by atoms with Crippen molar-refractivity contribution < 1.29 is 14.7 Å². The first-order valence-electron chi connectivity index (χ1n) is 7.80. The van der Waals surface area contributed by atoms with E-state index in [1.165, 1.54) is 5.56 Å². The molecule has 1 saturated heterocycles. The number of amides is 1. The smallest absolute Gasteiger partial charge is 0.306 e. The van der Waals surface area contributed by atoms with Crippen LogP contribution >= 0.6 is 0 Å². The van der Waals surface area contributed by atoms with Gasteiger partial charge in [0.05, 0.1) is 5.92 Å². The summed E-state index contributed by atoms with van der Waals surface area (Å²) in [6.45, 7) is 5.13. The van der Waals surface area contributed by atoms with Crippen molar-refractivity contribution in [1.29, 1.82) is 0 Å². The molecule has 2 rings (SSSR count). The summed E-state index contributed by atoms with van der Waals surface area (Å²) in [7, 11) is 0. The van der Waals surface area contributed by atoms with Crippen LogP contribution in [-0.2, 0) is 9.59 Å². The van der Waals surface area contributed by atoms with Crippen molar-refractivity contribution in [2.24, 2.45) is 5.92 Å². The zero-order valence-corrected chi connectivity index (χ0v) is 13.2. The largest absolute Gasteiger partial charge is 0.481 e. The topological polar surface area (TPSA) is 57.6 Å². The SMILES string of the molecule is CC/C(=C/C(=O)N1CCC(C(=O)O)CC1)c1ccc(C)cc1. The number of likely N-dealkylation sites (tertiary alicyclic amines) is 1. The van der Waals surface area contributed by atoms with Crippen molar-refractivity contribution in [3.63, 3.8) is 0 Å². The Balaban J connectivity index is 2.05. The van der Waals surface area contributed by atoms with E-state index in [9.17, 15) is 9.59 Å². The van der Waals surface area contributed by atoms with Crippen LogP contribution in [0.4, 0.5) is 0 Å². The maximum absolute atomic E-state index is 12.4. The first-order valence-corrected chi connectivity index (χ1v) is 7.80. The average Bonchev–Trinajstić information content (AvgIpc) is 2.53. The van der Waals surface area contributed by atoms with E-state index in [2.05, 4.69) is 0 Å². The highest BCUT2D eigenvalue weighted by Gasteiger charge is 2.26. The van der Waals surface area contributed by atoms with Crippen LogP contribution in [0.1, 0.15) is 37.3 Å². The number of piperidine rings is 1. The Morgan fingerprint density at radius 2 is 1.82 bits per heavy atom. The van der Waals surface area contributed by atoms with Crippen molar-refractivity contribution in [3.05, 3.63) is 41.5 Å². The van der Waals surface area contributed by atoms with Gasteiger partial charge >= 0.3 is 5.97 Å². The Morgan fingerprint density at radius 1 is 1.23 bits per heavy atom. The number of benzene rings is 1. The molecule has 118 valence electrons. The fraction of sp³-hybridized carbons (Fsp3) is 0.444. The van der Waals surface area contributed by atoms with Gasteiger partial charge in [-0.2, -0.15) is 0 Å². The number of carboxylic acids is 1. The van der Waals surface area contributed by atoms with Gasteiger partial charge in [-0.05, 0) is 37.3 Å². The minimum atomic E-state index is -0.753. The second-order valence-electron chi connectivity index (χ2n) is 5.83. The van der Waals surface area contributed by atoms with Crippen LogP contribution in [0.2, 0.25) is 0 Å². The molecular weight excluding hydrogens is 278 g/mol. The van der Waals surface area contributed by atoms with Crippen molar-refractivity contribution in [3.8, 4) is 0 Å². The minimum absolute atomic E-state index is 0.0127. The second-order valence-corrected chi connectivity index (χ2v) is 5.83. The quantitative estimate of drug-likeness (QED) is 0.869. The van der Waals surface area contributed by atoms with E-state index in [1.807, 2.05) is 38.1 Å². The molecule has 0 radical (unpaired) electrons. The molecule has 0 saturated carbocycles. The summed E-state index contributed by atoms with van der Waals surface area (Å²) in [5, 5.41) is 9.00. The fourth-order valence-electron chi connectivity index (χ4n) is 2.74. The maximum atomic E-state index is 12.4. The summed E-state index contributed by atoms with van der Waals surface area (Å²) < 4.78 is 0. The summed E-state index contributed by atoms with van der Waals surface area (Å²) in [6.07, 6.45) is 3.58. The van der Waals surface area contributed by atoms with Crippen molar-refractivity contribution in [2.45, 2.75) is 33.1 Å². The van der Waals surface area contributed by atoms with Gasteiger partial charge in [0.2, 0.25) is 5.91 Å².